The van der Waals surface area contributed by atoms with Crippen LogP contribution >= 0.6 is 23.2 Å². The third-order valence-electron chi connectivity index (χ3n) is 1.68. The van der Waals surface area contributed by atoms with Crippen molar-refractivity contribution in [2.45, 2.75) is 18.9 Å². The molecule has 6 heteroatoms. The van der Waals surface area contributed by atoms with Gasteiger partial charge in [-0.2, -0.15) is 0 Å². The molecular formula is C8H8Cl2F2N2. The predicted molar refractivity (Wildman–Crippen MR) is 51.8 cm³/mol. The summed E-state index contributed by atoms with van der Waals surface area (Å²) in [5.41, 5.74) is 5.88. The average molecular weight is 241 g/mol. The van der Waals surface area contributed by atoms with Gasteiger partial charge in [-0.15, -0.1) is 0 Å². The standard InChI is InChI=1S/C8H8Cl2F2N2/c9-6-2-1-4(8(10)14-6)5(13)3-7(11)12/h1-2,5,7H,3,13H2/t5-/m1/s1. The first-order chi connectivity index (χ1) is 6.50. The van der Waals surface area contributed by atoms with Gasteiger partial charge in [0.25, 0.3) is 0 Å². The third kappa shape index (κ3) is 3.04. The van der Waals surface area contributed by atoms with Crippen molar-refractivity contribution < 1.29 is 8.78 Å². The second-order valence-corrected chi connectivity index (χ2v) is 3.49. The number of halogens is 4. The van der Waals surface area contributed by atoms with Gasteiger partial charge in [-0.25, -0.2) is 13.8 Å². The molecule has 0 bridgehead atoms. The summed E-state index contributed by atoms with van der Waals surface area (Å²) < 4.78 is 24.0. The molecule has 0 amide bonds. The van der Waals surface area contributed by atoms with Crippen LogP contribution in [0.3, 0.4) is 0 Å². The van der Waals surface area contributed by atoms with Crippen LogP contribution in [0.5, 0.6) is 0 Å². The number of rotatable bonds is 3. The fourth-order valence-corrected chi connectivity index (χ4v) is 1.50. The van der Waals surface area contributed by atoms with E-state index in [0.29, 0.717) is 5.56 Å². The van der Waals surface area contributed by atoms with Crippen LogP contribution in [0, 0.1) is 0 Å². The monoisotopic (exact) mass is 240 g/mol. The highest BCUT2D eigenvalue weighted by molar-refractivity contribution is 6.32. The maximum atomic E-state index is 12.0. The minimum absolute atomic E-state index is 0.0747. The Morgan fingerprint density at radius 3 is 2.50 bits per heavy atom. The zero-order chi connectivity index (χ0) is 10.7. The number of hydrogen-bond acceptors (Lipinski definition) is 2. The Hall–Kier alpha value is -0.450. The summed E-state index contributed by atoms with van der Waals surface area (Å²) in [6, 6.07) is 2.16. The summed E-state index contributed by atoms with van der Waals surface area (Å²) in [6.07, 6.45) is -2.90. The van der Waals surface area contributed by atoms with Crippen LogP contribution in [-0.4, -0.2) is 11.4 Å². The SMILES string of the molecule is N[C@H](CC(F)F)c1ccc(Cl)nc1Cl. The van der Waals surface area contributed by atoms with E-state index in [1.807, 2.05) is 0 Å². The predicted octanol–water partition coefficient (Wildman–Crippen LogP) is 3.04. The van der Waals surface area contributed by atoms with Crippen molar-refractivity contribution in [2.24, 2.45) is 5.73 Å². The summed E-state index contributed by atoms with van der Waals surface area (Å²) in [7, 11) is 0. The molecule has 1 heterocycles. The Labute approximate surface area is 90.0 Å². The number of pyridine rings is 1. The molecule has 0 spiro atoms. The van der Waals surface area contributed by atoms with E-state index in [2.05, 4.69) is 4.98 Å². The smallest absolute Gasteiger partial charge is 0.240 e. The van der Waals surface area contributed by atoms with Crippen molar-refractivity contribution in [2.75, 3.05) is 0 Å². The van der Waals surface area contributed by atoms with Gasteiger partial charge in [0.15, 0.2) is 0 Å². The van der Waals surface area contributed by atoms with Gasteiger partial charge in [-0.3, -0.25) is 0 Å². The maximum absolute atomic E-state index is 12.0. The van der Waals surface area contributed by atoms with Crippen molar-refractivity contribution >= 4 is 23.2 Å². The van der Waals surface area contributed by atoms with E-state index in [4.69, 9.17) is 28.9 Å². The third-order valence-corrected chi connectivity index (χ3v) is 2.19. The van der Waals surface area contributed by atoms with Gasteiger partial charge in [0, 0.05) is 18.0 Å². The molecule has 0 aliphatic heterocycles. The second kappa shape index (κ2) is 4.87. The lowest BCUT2D eigenvalue weighted by Gasteiger charge is -2.12. The van der Waals surface area contributed by atoms with Crippen molar-refractivity contribution in [1.29, 1.82) is 0 Å². The largest absolute Gasteiger partial charge is 0.324 e. The molecule has 2 nitrogen and oxygen atoms in total. The van der Waals surface area contributed by atoms with Crippen molar-refractivity contribution in [3.8, 4) is 0 Å². The minimum atomic E-state index is -2.46. The van der Waals surface area contributed by atoms with Gasteiger partial charge in [0.1, 0.15) is 10.3 Å². The molecule has 2 N–H and O–H groups in total. The van der Waals surface area contributed by atoms with E-state index >= 15 is 0 Å². The van der Waals surface area contributed by atoms with Crippen LogP contribution in [0.4, 0.5) is 8.78 Å². The topological polar surface area (TPSA) is 38.9 Å². The van der Waals surface area contributed by atoms with Crippen molar-refractivity contribution in [3.63, 3.8) is 0 Å². The molecule has 1 aromatic rings. The number of hydrogen-bond donors (Lipinski definition) is 1. The fraction of sp³-hybridized carbons (Fsp3) is 0.375. The van der Waals surface area contributed by atoms with Gasteiger partial charge in [0.05, 0.1) is 0 Å². The van der Waals surface area contributed by atoms with E-state index in [-0.39, 0.29) is 10.3 Å². The molecule has 1 atom stereocenters. The maximum Gasteiger partial charge on any atom is 0.240 e. The highest BCUT2D eigenvalue weighted by atomic mass is 35.5. The molecule has 0 saturated heterocycles. The summed E-state index contributed by atoms with van der Waals surface area (Å²) >= 11 is 11.2. The molecule has 0 fully saturated rings. The van der Waals surface area contributed by atoms with Gasteiger partial charge in [-0.1, -0.05) is 29.3 Å². The Balaban J connectivity index is 2.84. The van der Waals surface area contributed by atoms with E-state index in [1.54, 1.807) is 0 Å². The first-order valence-electron chi connectivity index (χ1n) is 3.86. The molecule has 1 rings (SSSR count). The fourth-order valence-electron chi connectivity index (χ4n) is 1.02. The summed E-state index contributed by atoms with van der Waals surface area (Å²) in [6.45, 7) is 0. The normalized spacial score (nSPS) is 13.3. The highest BCUT2D eigenvalue weighted by Crippen LogP contribution is 2.25. The van der Waals surface area contributed by atoms with Crippen LogP contribution < -0.4 is 5.73 Å². The van der Waals surface area contributed by atoms with E-state index in [9.17, 15) is 8.78 Å². The lowest BCUT2D eigenvalue weighted by molar-refractivity contribution is 0.128. The quantitative estimate of drug-likeness (QED) is 0.826. The van der Waals surface area contributed by atoms with Crippen LogP contribution in [0.2, 0.25) is 10.3 Å². The average Bonchev–Trinajstić information content (AvgIpc) is 2.01. The summed E-state index contributed by atoms with van der Waals surface area (Å²) in [4.78, 5) is 3.71. The van der Waals surface area contributed by atoms with Crippen LogP contribution in [0.1, 0.15) is 18.0 Å². The zero-order valence-electron chi connectivity index (χ0n) is 7.05. The number of aromatic nitrogens is 1. The second-order valence-electron chi connectivity index (χ2n) is 2.75. The molecule has 0 aliphatic rings. The van der Waals surface area contributed by atoms with Crippen LogP contribution in [0.15, 0.2) is 12.1 Å². The summed E-state index contributed by atoms with van der Waals surface area (Å²) in [5, 5.41) is 0.286. The zero-order valence-corrected chi connectivity index (χ0v) is 8.56. The van der Waals surface area contributed by atoms with Gasteiger partial charge in [-0.05, 0) is 6.07 Å². The van der Waals surface area contributed by atoms with Crippen LogP contribution in [0.25, 0.3) is 0 Å². The first-order valence-corrected chi connectivity index (χ1v) is 4.62. The molecule has 0 unspecified atom stereocenters. The lowest BCUT2D eigenvalue weighted by Crippen LogP contribution is -2.14. The molecule has 0 radical (unpaired) electrons. The Morgan fingerprint density at radius 1 is 1.36 bits per heavy atom. The Morgan fingerprint density at radius 2 is 2.00 bits per heavy atom. The van der Waals surface area contributed by atoms with Crippen LogP contribution in [-0.2, 0) is 0 Å². The molecule has 0 aromatic carbocycles. The highest BCUT2D eigenvalue weighted by Gasteiger charge is 2.16. The molecule has 0 saturated carbocycles. The van der Waals surface area contributed by atoms with E-state index in [1.165, 1.54) is 12.1 Å². The minimum Gasteiger partial charge on any atom is -0.324 e. The van der Waals surface area contributed by atoms with E-state index < -0.39 is 18.9 Å². The molecule has 0 aliphatic carbocycles. The van der Waals surface area contributed by atoms with Crippen molar-refractivity contribution in [3.05, 3.63) is 28.0 Å². The first kappa shape index (κ1) is 11.6. The number of alkyl halides is 2. The van der Waals surface area contributed by atoms with E-state index in [0.717, 1.165) is 0 Å². The number of nitrogens with two attached hydrogens (primary N) is 1. The molecule has 78 valence electrons. The number of nitrogens with zero attached hydrogens (tertiary/aromatic N) is 1. The summed E-state index contributed by atoms with van der Waals surface area (Å²) in [5.74, 6) is 0. The Bertz CT molecular complexity index is 320. The van der Waals surface area contributed by atoms with Crippen molar-refractivity contribution in [1.82, 2.24) is 4.98 Å². The molecule has 1 aromatic heterocycles. The van der Waals surface area contributed by atoms with Gasteiger partial charge >= 0.3 is 0 Å². The lowest BCUT2D eigenvalue weighted by atomic mass is 10.1. The van der Waals surface area contributed by atoms with Gasteiger partial charge in [0.2, 0.25) is 6.43 Å². The molecule has 14 heavy (non-hydrogen) atoms. The Kier molecular flexibility index (Phi) is 4.04. The van der Waals surface area contributed by atoms with Gasteiger partial charge < -0.3 is 5.73 Å². The molecular weight excluding hydrogens is 233 g/mol.